The monoisotopic (exact) mass is 202 g/mol. The maximum absolute atomic E-state index is 10.4. The third kappa shape index (κ3) is 2.59. The van der Waals surface area contributed by atoms with Crippen LogP contribution in [0.15, 0.2) is 5.38 Å². The van der Waals surface area contributed by atoms with E-state index < -0.39 is 5.97 Å². The Balaban J connectivity index is 2.72. The quantitative estimate of drug-likeness (QED) is 0.754. The maximum Gasteiger partial charge on any atom is 0.323 e. The van der Waals surface area contributed by atoms with E-state index in [9.17, 15) is 4.79 Å². The van der Waals surface area contributed by atoms with E-state index in [1.165, 1.54) is 0 Å². The average Bonchev–Trinajstić information content (AvgIpc) is 2.47. The first-order chi connectivity index (χ1) is 6.13. The van der Waals surface area contributed by atoms with E-state index in [0.717, 1.165) is 11.3 Å². The first-order valence-corrected chi connectivity index (χ1v) is 4.62. The summed E-state index contributed by atoms with van der Waals surface area (Å²) in [6.45, 7) is 2.29. The lowest BCUT2D eigenvalue weighted by Crippen LogP contribution is -2.29. The molecular weight excluding hydrogens is 192 g/mol. The van der Waals surface area contributed by atoms with Gasteiger partial charge in [-0.05, 0) is 6.92 Å². The average molecular weight is 202 g/mol. The van der Waals surface area contributed by atoms with Crippen molar-refractivity contribution in [2.75, 3.05) is 18.0 Å². The van der Waals surface area contributed by atoms with Crippen molar-refractivity contribution in [2.45, 2.75) is 6.92 Å². The molecule has 0 aromatic carbocycles. The summed E-state index contributed by atoms with van der Waals surface area (Å²) in [5, 5.41) is 19.1. The van der Waals surface area contributed by atoms with E-state index in [0.29, 0.717) is 12.4 Å². The minimum Gasteiger partial charge on any atom is -0.486 e. The van der Waals surface area contributed by atoms with Crippen molar-refractivity contribution in [1.29, 1.82) is 0 Å². The minimum absolute atomic E-state index is 0.0427. The van der Waals surface area contributed by atoms with Gasteiger partial charge in [0.1, 0.15) is 12.4 Å². The maximum atomic E-state index is 10.4. The summed E-state index contributed by atoms with van der Waals surface area (Å²) in [5.41, 5.74) is 0. The molecule has 0 saturated carbocycles. The van der Waals surface area contributed by atoms with Gasteiger partial charge in [-0.15, -0.1) is 0 Å². The van der Waals surface area contributed by atoms with Crippen LogP contribution in [0.1, 0.15) is 6.92 Å². The van der Waals surface area contributed by atoms with E-state index in [2.05, 4.69) is 4.98 Å². The summed E-state index contributed by atoms with van der Waals surface area (Å²) < 4.78 is 0. The molecule has 0 bridgehead atoms. The molecule has 0 aliphatic heterocycles. The summed E-state index contributed by atoms with van der Waals surface area (Å²) in [4.78, 5) is 15.8. The molecule has 1 aromatic heterocycles. The number of carboxylic acids is 1. The Morgan fingerprint density at radius 3 is 2.85 bits per heavy atom. The summed E-state index contributed by atoms with van der Waals surface area (Å²) in [7, 11) is 0. The Morgan fingerprint density at radius 1 is 1.77 bits per heavy atom. The second-order valence-corrected chi connectivity index (χ2v) is 3.23. The fraction of sp³-hybridized carbons (Fsp3) is 0.429. The first kappa shape index (κ1) is 9.79. The van der Waals surface area contributed by atoms with E-state index >= 15 is 0 Å². The molecule has 0 saturated heterocycles. The van der Waals surface area contributed by atoms with Gasteiger partial charge in [-0.2, -0.15) is 4.98 Å². The van der Waals surface area contributed by atoms with Gasteiger partial charge in [0, 0.05) is 11.9 Å². The molecule has 5 nitrogen and oxygen atoms in total. The molecule has 72 valence electrons. The normalized spacial score (nSPS) is 9.92. The molecule has 6 heteroatoms. The number of carbonyl (C=O) groups is 1. The zero-order chi connectivity index (χ0) is 9.84. The van der Waals surface area contributed by atoms with Crippen molar-refractivity contribution >= 4 is 23.1 Å². The highest BCUT2D eigenvalue weighted by molar-refractivity contribution is 7.11. The zero-order valence-electron chi connectivity index (χ0n) is 7.10. The second-order valence-electron chi connectivity index (χ2n) is 2.40. The number of thiazole rings is 1. The number of anilines is 1. The Hall–Kier alpha value is -1.30. The highest BCUT2D eigenvalue weighted by atomic mass is 32.1. The molecule has 2 N–H and O–H groups in total. The zero-order valence-corrected chi connectivity index (χ0v) is 7.91. The largest absolute Gasteiger partial charge is 0.486 e. The van der Waals surface area contributed by atoms with Crippen LogP contribution >= 0.6 is 11.3 Å². The van der Waals surface area contributed by atoms with Crippen LogP contribution in [-0.4, -0.2) is 34.3 Å². The van der Waals surface area contributed by atoms with Crippen molar-refractivity contribution in [1.82, 2.24) is 4.98 Å². The lowest BCUT2D eigenvalue weighted by atomic mass is 10.5. The Bertz CT molecular complexity index is 300. The molecule has 0 aliphatic carbocycles. The van der Waals surface area contributed by atoms with Crippen LogP contribution in [0.2, 0.25) is 0 Å². The van der Waals surface area contributed by atoms with Gasteiger partial charge in [0.25, 0.3) is 5.19 Å². The van der Waals surface area contributed by atoms with Crippen LogP contribution in [0.3, 0.4) is 0 Å². The number of carboxylic acid groups (broad SMARTS) is 1. The van der Waals surface area contributed by atoms with E-state index in [1.54, 1.807) is 10.3 Å². The lowest BCUT2D eigenvalue weighted by Gasteiger charge is -2.16. The second kappa shape index (κ2) is 4.08. The van der Waals surface area contributed by atoms with Crippen LogP contribution < -0.4 is 4.90 Å². The van der Waals surface area contributed by atoms with Crippen LogP contribution in [-0.2, 0) is 4.79 Å². The molecular formula is C7H10N2O3S. The van der Waals surface area contributed by atoms with Gasteiger partial charge in [-0.25, -0.2) is 0 Å². The molecule has 0 atom stereocenters. The molecule has 0 fully saturated rings. The molecule has 13 heavy (non-hydrogen) atoms. The van der Waals surface area contributed by atoms with Gasteiger partial charge in [-0.3, -0.25) is 4.79 Å². The summed E-state index contributed by atoms with van der Waals surface area (Å²) in [5.74, 6) is -0.401. The van der Waals surface area contributed by atoms with Crippen molar-refractivity contribution < 1.29 is 15.0 Å². The minimum atomic E-state index is -0.908. The van der Waals surface area contributed by atoms with Crippen molar-refractivity contribution in [3.8, 4) is 5.19 Å². The Kier molecular flexibility index (Phi) is 3.07. The number of hydrogen-bond donors (Lipinski definition) is 2. The fourth-order valence-corrected chi connectivity index (χ4v) is 1.48. The summed E-state index contributed by atoms with van der Waals surface area (Å²) in [6, 6.07) is 0. The van der Waals surface area contributed by atoms with Gasteiger partial charge in [0.05, 0.1) is 0 Å². The van der Waals surface area contributed by atoms with Crippen LogP contribution in [0.4, 0.5) is 5.82 Å². The number of hydrogen-bond acceptors (Lipinski definition) is 5. The number of aromatic hydroxyl groups is 1. The fourth-order valence-electron chi connectivity index (χ4n) is 0.919. The standard InChI is InChI=1S/C7H10N2O3S/c1-2-9(3-6(10)11)5-4-13-7(12)8-5/h4H,2-3H2,1H3,(H,8,12)(H,10,11). The number of aliphatic carboxylic acids is 1. The lowest BCUT2D eigenvalue weighted by molar-refractivity contribution is -0.135. The predicted octanol–water partition coefficient (Wildman–Crippen LogP) is 0.760. The van der Waals surface area contributed by atoms with Crippen molar-refractivity contribution in [3.05, 3.63) is 5.38 Å². The molecule has 0 spiro atoms. The van der Waals surface area contributed by atoms with E-state index in [1.807, 2.05) is 6.92 Å². The van der Waals surface area contributed by atoms with Crippen LogP contribution in [0.5, 0.6) is 5.19 Å². The SMILES string of the molecule is CCN(CC(=O)O)c1csc(O)n1. The van der Waals surface area contributed by atoms with Gasteiger partial charge in [0.2, 0.25) is 0 Å². The first-order valence-electron chi connectivity index (χ1n) is 3.74. The Labute approximate surface area is 79.3 Å². The number of rotatable bonds is 4. The number of nitrogens with zero attached hydrogens (tertiary/aromatic N) is 2. The third-order valence-electron chi connectivity index (χ3n) is 1.51. The summed E-state index contributed by atoms with van der Waals surface area (Å²) >= 11 is 1.09. The van der Waals surface area contributed by atoms with Gasteiger partial charge in [0.15, 0.2) is 0 Å². The third-order valence-corrected chi connectivity index (χ3v) is 2.14. The van der Waals surface area contributed by atoms with Gasteiger partial charge >= 0.3 is 5.97 Å². The predicted molar refractivity (Wildman–Crippen MR) is 49.3 cm³/mol. The van der Waals surface area contributed by atoms with Crippen LogP contribution in [0.25, 0.3) is 0 Å². The highest BCUT2D eigenvalue weighted by Crippen LogP contribution is 2.22. The number of likely N-dealkylation sites (N-methyl/N-ethyl adjacent to an activating group) is 1. The molecule has 0 amide bonds. The molecule has 1 aromatic rings. The van der Waals surface area contributed by atoms with Gasteiger partial charge in [-0.1, -0.05) is 11.3 Å². The number of aromatic nitrogens is 1. The molecule has 1 rings (SSSR count). The summed E-state index contributed by atoms with van der Waals surface area (Å²) in [6.07, 6.45) is 0. The van der Waals surface area contributed by atoms with Crippen LogP contribution in [0, 0.1) is 0 Å². The van der Waals surface area contributed by atoms with Crippen molar-refractivity contribution in [2.24, 2.45) is 0 Å². The van der Waals surface area contributed by atoms with Crippen molar-refractivity contribution in [3.63, 3.8) is 0 Å². The molecule has 0 aliphatic rings. The topological polar surface area (TPSA) is 73.7 Å². The molecule has 0 unspecified atom stereocenters. The molecule has 1 heterocycles. The molecule has 0 radical (unpaired) electrons. The smallest absolute Gasteiger partial charge is 0.323 e. The highest BCUT2D eigenvalue weighted by Gasteiger charge is 2.11. The van der Waals surface area contributed by atoms with E-state index in [-0.39, 0.29) is 11.7 Å². The Morgan fingerprint density at radius 2 is 2.46 bits per heavy atom. The van der Waals surface area contributed by atoms with E-state index in [4.69, 9.17) is 10.2 Å². The van der Waals surface area contributed by atoms with Gasteiger partial charge < -0.3 is 15.1 Å².